The highest BCUT2D eigenvalue weighted by molar-refractivity contribution is 5.98. The van der Waals surface area contributed by atoms with Crippen molar-refractivity contribution in [3.63, 3.8) is 0 Å². The zero-order valence-corrected chi connectivity index (χ0v) is 8.17. The number of nitro groups is 1. The summed E-state index contributed by atoms with van der Waals surface area (Å²) in [6, 6.07) is 3.91. The maximum Gasteiger partial charge on any atom is 0.311 e. The summed E-state index contributed by atoms with van der Waals surface area (Å²) in [4.78, 5) is 13.8. The molecule has 6 heteroatoms. The molecule has 0 fully saturated rings. The number of benzene rings is 1. The highest BCUT2D eigenvalue weighted by Crippen LogP contribution is 2.25. The lowest BCUT2D eigenvalue weighted by Gasteiger charge is -2.01. The molecule has 3 N–H and O–H groups in total. The predicted molar refractivity (Wildman–Crippen MR) is 56.0 cm³/mol. The van der Waals surface area contributed by atoms with Gasteiger partial charge >= 0.3 is 5.69 Å². The lowest BCUT2D eigenvalue weighted by atomic mass is 10.1. The highest BCUT2D eigenvalue weighted by Gasteiger charge is 2.14. The van der Waals surface area contributed by atoms with Gasteiger partial charge in [-0.1, -0.05) is 0 Å². The first-order valence-corrected chi connectivity index (χ1v) is 4.34. The van der Waals surface area contributed by atoms with Crippen LogP contribution in [0.25, 0.3) is 0 Å². The quantitative estimate of drug-likeness (QED) is 0.336. The third-order valence-electron chi connectivity index (χ3n) is 1.80. The Labute approximate surface area is 86.2 Å². The molecule has 0 spiro atoms. The van der Waals surface area contributed by atoms with Crippen LogP contribution in [0.5, 0.6) is 5.75 Å². The van der Waals surface area contributed by atoms with Crippen LogP contribution >= 0.6 is 0 Å². The van der Waals surface area contributed by atoms with E-state index in [1.165, 1.54) is 18.2 Å². The molecule has 0 saturated carbocycles. The number of rotatable bonds is 3. The molecule has 80 valence electrons. The van der Waals surface area contributed by atoms with Gasteiger partial charge in [-0.05, 0) is 19.1 Å². The molecule has 0 bridgehead atoms. The first-order chi connectivity index (χ1) is 7.06. The van der Waals surface area contributed by atoms with E-state index in [4.69, 9.17) is 5.73 Å². The lowest BCUT2D eigenvalue weighted by molar-refractivity contribution is -0.385. The Balaban J connectivity index is 3.19. The Bertz CT molecular complexity index is 415. The SMILES string of the molecule is CCN=C(N)c1ccc(O)c([N+](=O)[O-])c1. The van der Waals surface area contributed by atoms with Crippen molar-refractivity contribution in [1.29, 1.82) is 0 Å². The van der Waals surface area contributed by atoms with E-state index in [-0.39, 0.29) is 17.3 Å². The van der Waals surface area contributed by atoms with Gasteiger partial charge in [0.1, 0.15) is 5.84 Å². The van der Waals surface area contributed by atoms with Gasteiger partial charge in [-0.3, -0.25) is 15.1 Å². The zero-order valence-electron chi connectivity index (χ0n) is 8.17. The number of phenols is 1. The van der Waals surface area contributed by atoms with E-state index in [1.54, 1.807) is 0 Å². The predicted octanol–water partition coefficient (Wildman–Crippen LogP) is 1.03. The summed E-state index contributed by atoms with van der Waals surface area (Å²) in [5.41, 5.74) is 5.63. The summed E-state index contributed by atoms with van der Waals surface area (Å²) in [6.45, 7) is 2.31. The molecule has 0 heterocycles. The number of nitrogens with zero attached hydrogens (tertiary/aromatic N) is 2. The maximum absolute atomic E-state index is 10.5. The Morgan fingerprint density at radius 2 is 2.33 bits per heavy atom. The summed E-state index contributed by atoms with van der Waals surface area (Å²) < 4.78 is 0. The molecule has 0 aromatic heterocycles. The standard InChI is InChI=1S/C9H11N3O3/c1-2-11-9(10)6-3-4-8(13)7(5-6)12(14)15/h3-5,13H,2H2,1H3,(H2,10,11). The summed E-state index contributed by atoms with van der Waals surface area (Å²) in [7, 11) is 0. The van der Waals surface area contributed by atoms with E-state index in [2.05, 4.69) is 4.99 Å². The van der Waals surface area contributed by atoms with Crippen LogP contribution in [0.4, 0.5) is 5.69 Å². The second-order valence-electron chi connectivity index (χ2n) is 2.82. The summed E-state index contributed by atoms with van der Waals surface area (Å²) in [5.74, 6) is -0.159. The highest BCUT2D eigenvalue weighted by atomic mass is 16.6. The van der Waals surface area contributed by atoms with Gasteiger partial charge in [-0.25, -0.2) is 0 Å². The number of amidine groups is 1. The fourth-order valence-corrected chi connectivity index (χ4v) is 1.09. The Hall–Kier alpha value is -2.11. The van der Waals surface area contributed by atoms with Crippen LogP contribution in [0.1, 0.15) is 12.5 Å². The van der Waals surface area contributed by atoms with Crippen molar-refractivity contribution in [2.24, 2.45) is 10.7 Å². The van der Waals surface area contributed by atoms with Crippen molar-refractivity contribution in [3.05, 3.63) is 33.9 Å². The monoisotopic (exact) mass is 209 g/mol. The Kier molecular flexibility index (Phi) is 3.22. The molecule has 6 nitrogen and oxygen atoms in total. The van der Waals surface area contributed by atoms with E-state index in [0.29, 0.717) is 12.1 Å². The van der Waals surface area contributed by atoms with Crippen molar-refractivity contribution in [1.82, 2.24) is 0 Å². The second-order valence-corrected chi connectivity index (χ2v) is 2.82. The number of nitrogens with two attached hydrogens (primary N) is 1. The molecule has 0 unspecified atom stereocenters. The van der Waals surface area contributed by atoms with Crippen LogP contribution < -0.4 is 5.73 Å². The van der Waals surface area contributed by atoms with E-state index < -0.39 is 4.92 Å². The van der Waals surface area contributed by atoms with Crippen LogP contribution in [0.15, 0.2) is 23.2 Å². The molecule has 1 aromatic rings. The summed E-state index contributed by atoms with van der Waals surface area (Å²) >= 11 is 0. The van der Waals surface area contributed by atoms with Gasteiger partial charge in [-0.15, -0.1) is 0 Å². The Morgan fingerprint density at radius 3 is 2.87 bits per heavy atom. The molecular formula is C9H11N3O3. The minimum atomic E-state index is -0.669. The number of hydrogen-bond acceptors (Lipinski definition) is 4. The Morgan fingerprint density at radius 1 is 1.67 bits per heavy atom. The number of aliphatic imine (C=N–C) groups is 1. The average molecular weight is 209 g/mol. The molecule has 0 aliphatic heterocycles. The van der Waals surface area contributed by atoms with Gasteiger partial charge in [0.2, 0.25) is 0 Å². The molecule has 0 aliphatic carbocycles. The summed E-state index contributed by atoms with van der Waals surface area (Å²) in [6.07, 6.45) is 0. The molecule has 0 amide bonds. The van der Waals surface area contributed by atoms with Gasteiger partial charge < -0.3 is 10.8 Å². The second kappa shape index (κ2) is 4.41. The van der Waals surface area contributed by atoms with Gasteiger partial charge in [0.25, 0.3) is 0 Å². The van der Waals surface area contributed by atoms with Crippen molar-refractivity contribution in [2.45, 2.75) is 6.92 Å². The molecule has 1 rings (SSSR count). The minimum absolute atomic E-state index is 0.223. The molecule has 0 atom stereocenters. The fraction of sp³-hybridized carbons (Fsp3) is 0.222. The molecular weight excluding hydrogens is 198 g/mol. The van der Waals surface area contributed by atoms with Gasteiger partial charge in [0.15, 0.2) is 5.75 Å². The molecule has 0 saturated heterocycles. The molecule has 1 aromatic carbocycles. The zero-order chi connectivity index (χ0) is 11.4. The molecule has 0 radical (unpaired) electrons. The van der Waals surface area contributed by atoms with Crippen LogP contribution in [0, 0.1) is 10.1 Å². The summed E-state index contributed by atoms with van der Waals surface area (Å²) in [5, 5.41) is 19.7. The lowest BCUT2D eigenvalue weighted by Crippen LogP contribution is -2.13. The number of phenolic OH excluding ortho intramolecular Hbond substituents is 1. The minimum Gasteiger partial charge on any atom is -0.502 e. The first-order valence-electron chi connectivity index (χ1n) is 4.34. The van der Waals surface area contributed by atoms with Crippen LogP contribution in [0.3, 0.4) is 0 Å². The number of aromatic hydroxyl groups is 1. The van der Waals surface area contributed by atoms with Crippen LogP contribution in [0.2, 0.25) is 0 Å². The molecule has 15 heavy (non-hydrogen) atoms. The average Bonchev–Trinajstić information content (AvgIpc) is 2.18. The van der Waals surface area contributed by atoms with E-state index in [9.17, 15) is 15.2 Å². The van der Waals surface area contributed by atoms with Crippen molar-refractivity contribution in [3.8, 4) is 5.75 Å². The number of hydrogen-bond donors (Lipinski definition) is 2. The smallest absolute Gasteiger partial charge is 0.311 e. The van der Waals surface area contributed by atoms with E-state index in [1.807, 2.05) is 6.92 Å². The van der Waals surface area contributed by atoms with E-state index in [0.717, 1.165) is 0 Å². The fourth-order valence-electron chi connectivity index (χ4n) is 1.09. The third-order valence-corrected chi connectivity index (χ3v) is 1.80. The topological polar surface area (TPSA) is 102 Å². The largest absolute Gasteiger partial charge is 0.502 e. The van der Waals surface area contributed by atoms with Crippen molar-refractivity contribution >= 4 is 11.5 Å². The maximum atomic E-state index is 10.5. The van der Waals surface area contributed by atoms with Gasteiger partial charge in [0.05, 0.1) is 4.92 Å². The first kappa shape index (κ1) is 11.0. The normalized spacial score (nSPS) is 11.4. The van der Waals surface area contributed by atoms with Gasteiger partial charge in [-0.2, -0.15) is 0 Å². The van der Waals surface area contributed by atoms with Crippen LogP contribution in [-0.2, 0) is 0 Å². The van der Waals surface area contributed by atoms with E-state index >= 15 is 0 Å². The van der Waals surface area contributed by atoms with Crippen molar-refractivity contribution < 1.29 is 10.0 Å². The van der Waals surface area contributed by atoms with Gasteiger partial charge in [0, 0.05) is 18.2 Å². The van der Waals surface area contributed by atoms with Crippen molar-refractivity contribution in [2.75, 3.05) is 6.54 Å². The van der Waals surface area contributed by atoms with Crippen LogP contribution in [-0.4, -0.2) is 22.4 Å². The number of nitro benzene ring substituents is 1. The third kappa shape index (κ3) is 2.43. The molecule has 0 aliphatic rings.